The Morgan fingerprint density at radius 3 is 1.53 bits per heavy atom. The van der Waals surface area contributed by atoms with Crippen LogP contribution in [0.4, 0.5) is 0 Å². The molecule has 2 nitrogen and oxygen atoms in total. The molecule has 0 N–H and O–H groups in total. The molecule has 0 aromatic rings. The number of hydrogen-bond acceptors (Lipinski definition) is 2. The van der Waals surface area contributed by atoms with Crippen LogP contribution in [0.3, 0.4) is 0 Å². The van der Waals surface area contributed by atoms with Gasteiger partial charge in [0, 0.05) is 6.42 Å². The van der Waals surface area contributed by atoms with Crippen molar-refractivity contribution in [2.24, 2.45) is 5.92 Å². The molecule has 0 saturated heterocycles. The van der Waals surface area contributed by atoms with Gasteiger partial charge in [0.15, 0.2) is 0 Å². The topological polar surface area (TPSA) is 26.3 Å². The van der Waals surface area contributed by atoms with E-state index in [2.05, 4.69) is 38.2 Å². The van der Waals surface area contributed by atoms with Crippen molar-refractivity contribution in [3.05, 3.63) is 24.3 Å². The number of unbranched alkanes of at least 4 members (excludes halogenated alkanes) is 12. The minimum absolute atomic E-state index is 0.000966. The maximum atomic E-state index is 11.4. The smallest absolute Gasteiger partial charge is 0.306 e. The fourth-order valence-corrected chi connectivity index (χ4v) is 3.58. The third-order valence-electron chi connectivity index (χ3n) is 5.35. The summed E-state index contributed by atoms with van der Waals surface area (Å²) in [6.45, 7) is 8.44. The van der Waals surface area contributed by atoms with Crippen molar-refractivity contribution in [3.63, 3.8) is 0 Å². The Morgan fingerprint density at radius 2 is 1.03 bits per heavy atom. The van der Waals surface area contributed by atoms with Crippen LogP contribution < -0.4 is 0 Å². The predicted molar refractivity (Wildman–Crippen MR) is 133 cm³/mol. The van der Waals surface area contributed by atoms with Gasteiger partial charge in [-0.2, -0.15) is 0 Å². The Kier molecular flexibility index (Phi) is 21.8. The molecule has 0 unspecified atom stereocenters. The Labute approximate surface area is 188 Å². The molecule has 2 heteroatoms. The number of hydrogen-bond donors (Lipinski definition) is 0. The van der Waals surface area contributed by atoms with Crippen molar-refractivity contribution in [2.45, 2.75) is 143 Å². The number of allylic oxidation sites excluding steroid dienone is 4. The summed E-state index contributed by atoms with van der Waals surface area (Å²) in [7, 11) is 0. The first-order chi connectivity index (χ1) is 14.5. The fraction of sp³-hybridized carbons (Fsp3) is 0.821. The van der Waals surface area contributed by atoms with Crippen molar-refractivity contribution >= 4 is 5.97 Å². The average molecular weight is 421 g/mol. The summed E-state index contributed by atoms with van der Waals surface area (Å²) in [6.07, 6.45) is 30.6. The molecule has 0 spiro atoms. The number of ether oxygens (including phenoxy) is 1. The van der Waals surface area contributed by atoms with E-state index in [-0.39, 0.29) is 12.1 Å². The van der Waals surface area contributed by atoms with Crippen molar-refractivity contribution in [1.29, 1.82) is 0 Å². The Balaban J connectivity index is 3.24. The number of rotatable bonds is 21. The molecule has 176 valence electrons. The van der Waals surface area contributed by atoms with E-state index in [1.54, 1.807) is 0 Å². The molecule has 0 saturated carbocycles. The molecule has 0 aliphatic carbocycles. The quantitative estimate of drug-likeness (QED) is 0.105. The molecule has 0 aromatic heterocycles. The van der Waals surface area contributed by atoms with Gasteiger partial charge in [-0.1, -0.05) is 102 Å². The van der Waals surface area contributed by atoms with Crippen LogP contribution in [0, 0.1) is 5.92 Å². The highest BCUT2D eigenvalue weighted by atomic mass is 16.5. The lowest BCUT2D eigenvalue weighted by molar-refractivity contribution is -0.147. The molecule has 0 bridgehead atoms. The fourth-order valence-electron chi connectivity index (χ4n) is 3.58. The summed E-state index contributed by atoms with van der Waals surface area (Å²) in [4.78, 5) is 11.4. The minimum Gasteiger partial charge on any atom is -0.463 e. The van der Waals surface area contributed by atoms with Crippen LogP contribution in [-0.4, -0.2) is 12.1 Å². The lowest BCUT2D eigenvalue weighted by Gasteiger charge is -2.06. The monoisotopic (exact) mass is 420 g/mol. The van der Waals surface area contributed by atoms with Gasteiger partial charge in [0.25, 0.3) is 0 Å². The second-order valence-electron chi connectivity index (χ2n) is 9.46. The first-order valence-corrected chi connectivity index (χ1v) is 13.0. The van der Waals surface area contributed by atoms with Crippen molar-refractivity contribution in [1.82, 2.24) is 0 Å². The van der Waals surface area contributed by atoms with E-state index in [0.29, 0.717) is 6.42 Å². The number of carbonyl (C=O) groups excluding carboxylic acids is 1. The SMILES string of the molecule is CC(C)CCCCCCCCCCCC/C=C\CC/C=C\CCCC(=O)OC(C)C. The van der Waals surface area contributed by atoms with E-state index >= 15 is 0 Å². The Hall–Kier alpha value is -1.05. The highest BCUT2D eigenvalue weighted by molar-refractivity contribution is 5.69. The maximum absolute atomic E-state index is 11.4. The Bertz CT molecular complexity index is 420. The van der Waals surface area contributed by atoms with Crippen LogP contribution in [-0.2, 0) is 9.53 Å². The van der Waals surface area contributed by atoms with Crippen LogP contribution >= 0.6 is 0 Å². The first kappa shape index (κ1) is 28.9. The van der Waals surface area contributed by atoms with Gasteiger partial charge in [-0.05, 0) is 58.3 Å². The molecule has 0 aromatic carbocycles. The van der Waals surface area contributed by atoms with Gasteiger partial charge in [-0.3, -0.25) is 4.79 Å². The zero-order chi connectivity index (χ0) is 22.3. The van der Waals surface area contributed by atoms with Gasteiger partial charge < -0.3 is 4.74 Å². The molecule has 0 atom stereocenters. The zero-order valence-corrected chi connectivity index (χ0v) is 20.8. The third-order valence-corrected chi connectivity index (χ3v) is 5.35. The molecule has 0 aliphatic heterocycles. The van der Waals surface area contributed by atoms with E-state index in [1.807, 2.05) is 13.8 Å². The molecule has 0 rings (SSSR count). The van der Waals surface area contributed by atoms with Crippen molar-refractivity contribution in [2.75, 3.05) is 0 Å². The number of esters is 1. The molecule has 0 radical (unpaired) electrons. The normalized spacial score (nSPS) is 12.1. The van der Waals surface area contributed by atoms with Crippen molar-refractivity contribution < 1.29 is 9.53 Å². The predicted octanol–water partition coefficient (Wildman–Crippen LogP) is 9.34. The first-order valence-electron chi connectivity index (χ1n) is 13.0. The van der Waals surface area contributed by atoms with E-state index in [1.165, 1.54) is 77.0 Å². The molecular weight excluding hydrogens is 368 g/mol. The zero-order valence-electron chi connectivity index (χ0n) is 20.8. The average Bonchev–Trinajstić information content (AvgIpc) is 2.68. The molecule has 0 fully saturated rings. The summed E-state index contributed by atoms with van der Waals surface area (Å²) in [5, 5.41) is 0. The van der Waals surface area contributed by atoms with Gasteiger partial charge in [-0.15, -0.1) is 0 Å². The van der Waals surface area contributed by atoms with Gasteiger partial charge in [0.2, 0.25) is 0 Å². The van der Waals surface area contributed by atoms with Crippen LogP contribution in [0.5, 0.6) is 0 Å². The lowest BCUT2D eigenvalue weighted by atomic mass is 10.0. The van der Waals surface area contributed by atoms with Crippen LogP contribution in [0.1, 0.15) is 137 Å². The second kappa shape index (κ2) is 22.6. The molecular formula is C28H52O2. The summed E-state index contributed by atoms with van der Waals surface area (Å²) in [5.41, 5.74) is 0. The summed E-state index contributed by atoms with van der Waals surface area (Å²) >= 11 is 0. The lowest BCUT2D eigenvalue weighted by Crippen LogP contribution is -2.10. The molecule has 0 heterocycles. The highest BCUT2D eigenvalue weighted by Crippen LogP contribution is 2.14. The highest BCUT2D eigenvalue weighted by Gasteiger charge is 2.03. The largest absolute Gasteiger partial charge is 0.463 e. The maximum Gasteiger partial charge on any atom is 0.306 e. The van der Waals surface area contributed by atoms with Gasteiger partial charge in [-0.25, -0.2) is 0 Å². The minimum atomic E-state index is -0.0751. The van der Waals surface area contributed by atoms with Crippen molar-refractivity contribution in [3.8, 4) is 0 Å². The van der Waals surface area contributed by atoms with E-state index in [9.17, 15) is 4.79 Å². The summed E-state index contributed by atoms with van der Waals surface area (Å²) < 4.78 is 5.12. The Morgan fingerprint density at radius 1 is 0.600 bits per heavy atom. The van der Waals surface area contributed by atoms with Gasteiger partial charge in [0.1, 0.15) is 0 Å². The molecule has 0 amide bonds. The molecule has 30 heavy (non-hydrogen) atoms. The molecule has 0 aliphatic rings. The number of carbonyl (C=O) groups is 1. The van der Waals surface area contributed by atoms with Gasteiger partial charge in [0.05, 0.1) is 6.10 Å². The third kappa shape index (κ3) is 25.0. The van der Waals surface area contributed by atoms with E-state index in [0.717, 1.165) is 31.6 Å². The standard InChI is InChI=1S/C28H52O2/c1-26(2)24-22-20-18-16-14-12-10-8-6-5-7-9-11-13-15-17-19-21-23-25-28(29)30-27(3)4/h9,11,17,19,26-27H,5-8,10,12-16,18,20-25H2,1-4H3/b11-9-,19-17-. The summed E-state index contributed by atoms with van der Waals surface area (Å²) in [5.74, 6) is 0.801. The second-order valence-corrected chi connectivity index (χ2v) is 9.46. The van der Waals surface area contributed by atoms with Crippen LogP contribution in [0.2, 0.25) is 0 Å². The van der Waals surface area contributed by atoms with E-state index in [4.69, 9.17) is 4.74 Å². The van der Waals surface area contributed by atoms with Gasteiger partial charge >= 0.3 is 5.97 Å². The summed E-state index contributed by atoms with van der Waals surface area (Å²) in [6, 6.07) is 0. The van der Waals surface area contributed by atoms with Crippen LogP contribution in [0.25, 0.3) is 0 Å². The van der Waals surface area contributed by atoms with E-state index < -0.39 is 0 Å². The van der Waals surface area contributed by atoms with Crippen LogP contribution in [0.15, 0.2) is 24.3 Å².